The molecule has 0 unspecified atom stereocenters. The number of anilines is 1. The van der Waals surface area contributed by atoms with Crippen LogP contribution in [-0.4, -0.2) is 16.7 Å². The lowest BCUT2D eigenvalue weighted by atomic mass is 10.1. The molecule has 6 heteroatoms. The highest BCUT2D eigenvalue weighted by atomic mass is 16.6. The minimum atomic E-state index is -0.499. The fraction of sp³-hybridized carbons (Fsp3) is 0.0667. The predicted octanol–water partition coefficient (Wildman–Crippen LogP) is 2.70. The molecule has 0 N–H and O–H groups in total. The van der Waals surface area contributed by atoms with Gasteiger partial charge >= 0.3 is 0 Å². The van der Waals surface area contributed by atoms with Crippen molar-refractivity contribution in [1.29, 1.82) is 0 Å². The van der Waals surface area contributed by atoms with E-state index in [9.17, 15) is 19.7 Å². The zero-order valence-electron chi connectivity index (χ0n) is 11.1. The first-order valence-electron chi connectivity index (χ1n) is 6.23. The summed E-state index contributed by atoms with van der Waals surface area (Å²) in [6.07, 6.45) is 0. The lowest BCUT2D eigenvalue weighted by Gasteiger charge is -2.14. The van der Waals surface area contributed by atoms with Gasteiger partial charge in [-0.25, -0.2) is 4.90 Å². The second kappa shape index (κ2) is 4.52. The maximum atomic E-state index is 12.3. The quantitative estimate of drug-likeness (QED) is 0.482. The molecule has 0 spiro atoms. The summed E-state index contributed by atoms with van der Waals surface area (Å²) in [5.41, 5.74) is 1.38. The van der Waals surface area contributed by atoms with E-state index in [0.29, 0.717) is 22.4 Å². The molecule has 0 fully saturated rings. The molecule has 0 aliphatic carbocycles. The van der Waals surface area contributed by atoms with Crippen LogP contribution in [0, 0.1) is 17.0 Å². The van der Waals surface area contributed by atoms with Gasteiger partial charge in [0.1, 0.15) is 0 Å². The zero-order valence-corrected chi connectivity index (χ0v) is 11.1. The number of carbonyl (C=O) groups excluding carboxylic acids is 2. The maximum absolute atomic E-state index is 12.3. The third-order valence-corrected chi connectivity index (χ3v) is 3.43. The smallest absolute Gasteiger partial charge is 0.268 e. The first kappa shape index (κ1) is 13.0. The van der Waals surface area contributed by atoms with E-state index in [1.165, 1.54) is 18.2 Å². The first-order valence-corrected chi connectivity index (χ1v) is 6.23. The molecule has 2 amide bonds. The van der Waals surface area contributed by atoms with Crippen molar-refractivity contribution in [2.24, 2.45) is 0 Å². The van der Waals surface area contributed by atoms with Crippen LogP contribution >= 0.6 is 0 Å². The van der Waals surface area contributed by atoms with E-state index in [0.717, 1.165) is 4.90 Å². The fourth-order valence-corrected chi connectivity index (χ4v) is 2.41. The highest BCUT2D eigenvalue weighted by molar-refractivity contribution is 6.34. The van der Waals surface area contributed by atoms with Gasteiger partial charge in [-0.1, -0.05) is 12.1 Å². The topological polar surface area (TPSA) is 80.5 Å². The van der Waals surface area contributed by atoms with Crippen LogP contribution in [0.25, 0.3) is 0 Å². The Balaban J connectivity index is 2.07. The molecule has 0 atom stereocenters. The number of nitrogens with zero attached hydrogens (tertiary/aromatic N) is 2. The van der Waals surface area contributed by atoms with Crippen LogP contribution in [0.5, 0.6) is 0 Å². The Morgan fingerprint density at radius 3 is 2.05 bits per heavy atom. The number of fused-ring (bicyclic) bond motifs is 1. The van der Waals surface area contributed by atoms with Crippen molar-refractivity contribution in [3.63, 3.8) is 0 Å². The fourth-order valence-electron chi connectivity index (χ4n) is 2.41. The van der Waals surface area contributed by atoms with E-state index in [-0.39, 0.29) is 5.69 Å². The molecule has 1 aliphatic rings. The number of rotatable bonds is 2. The van der Waals surface area contributed by atoms with E-state index in [2.05, 4.69) is 0 Å². The van der Waals surface area contributed by atoms with Gasteiger partial charge in [0.05, 0.1) is 21.7 Å². The number of nitro benzene ring substituents is 1. The van der Waals surface area contributed by atoms with Gasteiger partial charge in [0.15, 0.2) is 0 Å². The minimum Gasteiger partial charge on any atom is -0.268 e. The van der Waals surface area contributed by atoms with Gasteiger partial charge in [-0.2, -0.15) is 0 Å². The lowest BCUT2D eigenvalue weighted by Crippen LogP contribution is -2.29. The average molecular weight is 282 g/mol. The normalized spacial score (nSPS) is 13.5. The van der Waals surface area contributed by atoms with Crippen LogP contribution < -0.4 is 4.90 Å². The second-order valence-electron chi connectivity index (χ2n) is 4.72. The minimum absolute atomic E-state index is 0.0460. The number of imide groups is 1. The molecule has 104 valence electrons. The van der Waals surface area contributed by atoms with Gasteiger partial charge in [0, 0.05) is 11.6 Å². The van der Waals surface area contributed by atoms with Crippen molar-refractivity contribution in [3.8, 4) is 0 Å². The molecule has 1 aliphatic heterocycles. The molecule has 21 heavy (non-hydrogen) atoms. The van der Waals surface area contributed by atoms with Gasteiger partial charge < -0.3 is 0 Å². The predicted molar refractivity (Wildman–Crippen MR) is 75.4 cm³/mol. The highest BCUT2D eigenvalue weighted by Gasteiger charge is 2.36. The summed E-state index contributed by atoms with van der Waals surface area (Å²) in [7, 11) is 0. The molecule has 0 saturated heterocycles. The van der Waals surface area contributed by atoms with E-state index >= 15 is 0 Å². The van der Waals surface area contributed by atoms with Gasteiger partial charge in [0.25, 0.3) is 17.5 Å². The summed E-state index contributed by atoms with van der Waals surface area (Å²) < 4.78 is 0. The summed E-state index contributed by atoms with van der Waals surface area (Å²) in [5, 5.41) is 10.8. The van der Waals surface area contributed by atoms with E-state index in [1.54, 1.807) is 31.2 Å². The third kappa shape index (κ3) is 1.88. The number of aryl methyl sites for hydroxylation is 1. The SMILES string of the molecule is Cc1cc(N2C(=O)c3ccccc3C2=O)ccc1[N+](=O)[O-]. The first-order chi connectivity index (χ1) is 10.0. The molecule has 0 radical (unpaired) electrons. The standard InChI is InChI=1S/C15H10N2O4/c1-9-8-10(6-7-13(9)17(20)21)16-14(18)11-4-2-3-5-12(11)15(16)19/h2-8H,1H3. The molecule has 0 aromatic heterocycles. The Kier molecular flexibility index (Phi) is 2.79. The molecular weight excluding hydrogens is 272 g/mol. The van der Waals surface area contributed by atoms with Crippen LogP contribution in [0.3, 0.4) is 0 Å². The van der Waals surface area contributed by atoms with E-state index < -0.39 is 16.7 Å². The Hall–Kier alpha value is -3.02. The van der Waals surface area contributed by atoms with Crippen molar-refractivity contribution < 1.29 is 14.5 Å². The Morgan fingerprint density at radius 2 is 1.57 bits per heavy atom. The van der Waals surface area contributed by atoms with Crippen molar-refractivity contribution in [2.45, 2.75) is 6.92 Å². The summed E-state index contributed by atoms with van der Waals surface area (Å²) in [6.45, 7) is 1.57. The van der Waals surface area contributed by atoms with E-state index in [1.807, 2.05) is 0 Å². The molecule has 0 bridgehead atoms. The molecule has 0 saturated carbocycles. The number of hydrogen-bond donors (Lipinski definition) is 0. The molecular formula is C15H10N2O4. The second-order valence-corrected chi connectivity index (χ2v) is 4.72. The van der Waals surface area contributed by atoms with Crippen LogP contribution in [0.15, 0.2) is 42.5 Å². The van der Waals surface area contributed by atoms with Gasteiger partial charge in [-0.05, 0) is 31.2 Å². The number of carbonyl (C=O) groups is 2. The number of benzene rings is 2. The molecule has 2 aromatic carbocycles. The summed E-state index contributed by atoms with van der Waals surface area (Å²) in [5.74, 6) is -0.826. The van der Waals surface area contributed by atoms with Gasteiger partial charge in [-0.3, -0.25) is 19.7 Å². The molecule has 2 aromatic rings. The average Bonchev–Trinajstić information content (AvgIpc) is 2.71. The van der Waals surface area contributed by atoms with Crippen molar-refractivity contribution in [1.82, 2.24) is 0 Å². The van der Waals surface area contributed by atoms with Crippen LogP contribution in [0.1, 0.15) is 26.3 Å². The Bertz CT molecular complexity index is 763. The number of hydrogen-bond acceptors (Lipinski definition) is 4. The summed E-state index contributed by atoms with van der Waals surface area (Å²) >= 11 is 0. The monoisotopic (exact) mass is 282 g/mol. The maximum Gasteiger partial charge on any atom is 0.272 e. The van der Waals surface area contributed by atoms with Crippen molar-refractivity contribution >= 4 is 23.2 Å². The third-order valence-electron chi connectivity index (χ3n) is 3.43. The Morgan fingerprint density at radius 1 is 1.00 bits per heavy atom. The van der Waals surface area contributed by atoms with Crippen LogP contribution in [0.2, 0.25) is 0 Å². The van der Waals surface area contributed by atoms with Gasteiger partial charge in [0.2, 0.25) is 0 Å². The number of nitro groups is 1. The summed E-state index contributed by atoms with van der Waals surface area (Å²) in [4.78, 5) is 36.0. The Labute approximate surface area is 119 Å². The largest absolute Gasteiger partial charge is 0.272 e. The zero-order chi connectivity index (χ0) is 15.1. The van der Waals surface area contributed by atoms with Crippen molar-refractivity contribution in [3.05, 3.63) is 69.3 Å². The van der Waals surface area contributed by atoms with Crippen molar-refractivity contribution in [2.75, 3.05) is 4.90 Å². The lowest BCUT2D eigenvalue weighted by molar-refractivity contribution is -0.385. The molecule has 3 rings (SSSR count). The molecule has 1 heterocycles. The number of amides is 2. The molecule has 6 nitrogen and oxygen atoms in total. The van der Waals surface area contributed by atoms with E-state index in [4.69, 9.17) is 0 Å². The van der Waals surface area contributed by atoms with Crippen LogP contribution in [-0.2, 0) is 0 Å². The highest BCUT2D eigenvalue weighted by Crippen LogP contribution is 2.31. The summed E-state index contributed by atoms with van der Waals surface area (Å²) in [6, 6.07) is 10.7. The van der Waals surface area contributed by atoms with Gasteiger partial charge in [-0.15, -0.1) is 0 Å². The van der Waals surface area contributed by atoms with Crippen LogP contribution in [0.4, 0.5) is 11.4 Å².